The molecule has 0 aliphatic carbocycles. The van der Waals surface area contributed by atoms with E-state index in [1.54, 1.807) is 36.5 Å². The van der Waals surface area contributed by atoms with Crippen LogP contribution in [0.25, 0.3) is 11.2 Å². The Labute approximate surface area is 177 Å². The van der Waals surface area contributed by atoms with E-state index in [0.717, 1.165) is 25.9 Å². The van der Waals surface area contributed by atoms with Crippen molar-refractivity contribution in [1.82, 2.24) is 24.8 Å². The van der Waals surface area contributed by atoms with Crippen LogP contribution in [-0.4, -0.2) is 32.6 Å². The number of anilines is 4. The number of fused-ring (bicyclic) bond motifs is 1. The Bertz CT molecular complexity index is 1200. The summed E-state index contributed by atoms with van der Waals surface area (Å²) in [6.45, 7) is 1.77. The molecule has 0 radical (unpaired) electrons. The smallest absolute Gasteiger partial charge is 0.229 e. The predicted molar refractivity (Wildman–Crippen MR) is 116 cm³/mol. The molecular weight excluding hydrogens is 400 g/mol. The van der Waals surface area contributed by atoms with Gasteiger partial charge in [0.05, 0.1) is 11.9 Å². The van der Waals surface area contributed by atoms with E-state index < -0.39 is 0 Å². The molecule has 1 fully saturated rings. The first kappa shape index (κ1) is 19.4. The number of piperidine rings is 1. The molecule has 3 heterocycles. The second-order valence-corrected chi connectivity index (χ2v) is 7.43. The average Bonchev–Trinajstić information content (AvgIpc) is 3.15. The van der Waals surface area contributed by atoms with Crippen LogP contribution in [-0.2, 0) is 0 Å². The van der Waals surface area contributed by atoms with E-state index in [9.17, 15) is 8.78 Å². The minimum Gasteiger partial charge on any atom is -0.324 e. The van der Waals surface area contributed by atoms with Gasteiger partial charge in [-0.25, -0.2) is 18.7 Å². The number of nitrogens with zero attached hydrogens (tertiary/aromatic N) is 4. The fourth-order valence-corrected chi connectivity index (χ4v) is 3.80. The highest BCUT2D eigenvalue weighted by Crippen LogP contribution is 2.31. The first-order chi connectivity index (χ1) is 15.2. The first-order valence-corrected chi connectivity index (χ1v) is 10.2. The summed E-state index contributed by atoms with van der Waals surface area (Å²) in [5.74, 6) is 0.248. The Morgan fingerprint density at radius 3 is 2.48 bits per heavy atom. The lowest BCUT2D eigenvalue weighted by atomic mass is 10.1. The molecule has 7 nitrogen and oxygen atoms in total. The molecule has 2 aromatic heterocycles. The van der Waals surface area contributed by atoms with Crippen molar-refractivity contribution >= 4 is 34.4 Å². The second-order valence-electron chi connectivity index (χ2n) is 7.43. The van der Waals surface area contributed by atoms with Gasteiger partial charge in [0, 0.05) is 11.7 Å². The van der Waals surface area contributed by atoms with Gasteiger partial charge in [0.15, 0.2) is 5.65 Å². The molecule has 2 aromatic carbocycles. The molecule has 158 valence electrons. The Morgan fingerprint density at radius 1 is 0.935 bits per heavy atom. The van der Waals surface area contributed by atoms with E-state index in [0.29, 0.717) is 34.4 Å². The number of imidazole rings is 1. The van der Waals surface area contributed by atoms with Crippen molar-refractivity contribution in [2.45, 2.75) is 18.9 Å². The largest absolute Gasteiger partial charge is 0.324 e. The summed E-state index contributed by atoms with van der Waals surface area (Å²) in [5, 5.41) is 9.59. The van der Waals surface area contributed by atoms with Gasteiger partial charge in [-0.05, 0) is 62.3 Å². The molecule has 1 aliphatic heterocycles. The Kier molecular flexibility index (Phi) is 5.17. The molecule has 0 unspecified atom stereocenters. The normalized spacial score (nSPS) is 14.6. The molecule has 0 saturated carbocycles. The third-order valence-corrected chi connectivity index (χ3v) is 5.33. The molecule has 4 aromatic rings. The van der Waals surface area contributed by atoms with E-state index >= 15 is 0 Å². The van der Waals surface area contributed by atoms with Gasteiger partial charge in [-0.15, -0.1) is 0 Å². The highest BCUT2D eigenvalue weighted by Gasteiger charge is 2.23. The summed E-state index contributed by atoms with van der Waals surface area (Å²) in [5.41, 5.74) is 2.30. The summed E-state index contributed by atoms with van der Waals surface area (Å²) >= 11 is 0. The van der Waals surface area contributed by atoms with Gasteiger partial charge in [0.25, 0.3) is 0 Å². The molecule has 9 heteroatoms. The van der Waals surface area contributed by atoms with Gasteiger partial charge >= 0.3 is 0 Å². The second kappa shape index (κ2) is 8.27. The summed E-state index contributed by atoms with van der Waals surface area (Å²) < 4.78 is 29.5. The van der Waals surface area contributed by atoms with Crippen LogP contribution in [0.5, 0.6) is 0 Å². The topological polar surface area (TPSA) is 79.7 Å². The lowest BCUT2D eigenvalue weighted by molar-refractivity contribution is 0.376. The fourth-order valence-electron chi connectivity index (χ4n) is 3.80. The molecule has 1 aliphatic rings. The van der Waals surface area contributed by atoms with Gasteiger partial charge in [0.1, 0.15) is 17.2 Å². The highest BCUT2D eigenvalue weighted by molar-refractivity contribution is 5.77. The first-order valence-electron chi connectivity index (χ1n) is 10.2. The van der Waals surface area contributed by atoms with E-state index in [2.05, 4.69) is 30.9 Å². The number of hydrogen-bond donors (Lipinski definition) is 3. The Morgan fingerprint density at radius 2 is 1.71 bits per heavy atom. The molecule has 0 spiro atoms. The van der Waals surface area contributed by atoms with E-state index in [4.69, 9.17) is 0 Å². The maximum Gasteiger partial charge on any atom is 0.229 e. The number of para-hydroxylation sites is 1. The molecular formula is C22H21F2N7. The zero-order chi connectivity index (χ0) is 21.2. The quantitative estimate of drug-likeness (QED) is 0.440. The maximum atomic E-state index is 14.3. The van der Waals surface area contributed by atoms with Crippen LogP contribution in [0.2, 0.25) is 0 Å². The van der Waals surface area contributed by atoms with Crippen LogP contribution in [0, 0.1) is 11.6 Å². The van der Waals surface area contributed by atoms with Crippen molar-refractivity contribution in [3.05, 3.63) is 66.4 Å². The van der Waals surface area contributed by atoms with Crippen LogP contribution in [0.1, 0.15) is 18.9 Å². The number of rotatable bonds is 5. The van der Waals surface area contributed by atoms with E-state index in [1.165, 1.54) is 18.2 Å². The van der Waals surface area contributed by atoms with Crippen molar-refractivity contribution in [1.29, 1.82) is 0 Å². The SMILES string of the molecule is Fc1ccc(Nc2ncc3nc(Nc4ccccc4F)n(C4CCNCC4)c3n2)cc1. The molecule has 0 bridgehead atoms. The standard InChI is InChI=1S/C22H21F2N7/c23-14-5-7-15(8-6-14)27-21-26-13-19-20(30-21)31(16-9-11-25-12-10-16)22(29-19)28-18-4-2-1-3-17(18)24/h1-8,13,16,25H,9-12H2,(H,28,29)(H,26,27,30). The zero-order valence-electron chi connectivity index (χ0n) is 16.6. The summed E-state index contributed by atoms with van der Waals surface area (Å²) in [7, 11) is 0. The molecule has 3 N–H and O–H groups in total. The number of halogens is 2. The average molecular weight is 421 g/mol. The summed E-state index contributed by atoms with van der Waals surface area (Å²) in [4.78, 5) is 13.7. The van der Waals surface area contributed by atoms with Gasteiger partial charge in [-0.3, -0.25) is 4.57 Å². The van der Waals surface area contributed by atoms with Crippen molar-refractivity contribution in [3.8, 4) is 0 Å². The highest BCUT2D eigenvalue weighted by atomic mass is 19.1. The van der Waals surface area contributed by atoms with Crippen molar-refractivity contribution in [3.63, 3.8) is 0 Å². The van der Waals surface area contributed by atoms with Gasteiger partial charge in [-0.1, -0.05) is 12.1 Å². The molecule has 0 atom stereocenters. The third kappa shape index (κ3) is 4.04. The Hall–Kier alpha value is -3.59. The van der Waals surface area contributed by atoms with Crippen molar-refractivity contribution in [2.24, 2.45) is 0 Å². The molecule has 1 saturated heterocycles. The zero-order valence-corrected chi connectivity index (χ0v) is 16.6. The van der Waals surface area contributed by atoms with Gasteiger partial charge in [-0.2, -0.15) is 4.98 Å². The lowest BCUT2D eigenvalue weighted by Gasteiger charge is -2.26. The maximum absolute atomic E-state index is 14.3. The van der Waals surface area contributed by atoms with Crippen LogP contribution in [0.15, 0.2) is 54.7 Å². The molecule has 0 amide bonds. The van der Waals surface area contributed by atoms with Crippen LogP contribution in [0.3, 0.4) is 0 Å². The summed E-state index contributed by atoms with van der Waals surface area (Å²) in [6.07, 6.45) is 3.45. The summed E-state index contributed by atoms with van der Waals surface area (Å²) in [6, 6.07) is 12.7. The number of nitrogens with one attached hydrogen (secondary N) is 3. The Balaban J connectivity index is 1.55. The monoisotopic (exact) mass is 421 g/mol. The fraction of sp³-hybridized carbons (Fsp3) is 0.227. The van der Waals surface area contributed by atoms with E-state index in [-0.39, 0.29) is 17.7 Å². The van der Waals surface area contributed by atoms with Crippen molar-refractivity contribution in [2.75, 3.05) is 23.7 Å². The minimum absolute atomic E-state index is 0.161. The number of aromatic nitrogens is 4. The lowest BCUT2D eigenvalue weighted by Crippen LogP contribution is -2.30. The van der Waals surface area contributed by atoms with Crippen LogP contribution in [0.4, 0.5) is 32.1 Å². The molecule has 5 rings (SSSR count). The third-order valence-electron chi connectivity index (χ3n) is 5.33. The van der Waals surface area contributed by atoms with Gasteiger partial charge < -0.3 is 16.0 Å². The number of benzene rings is 2. The van der Waals surface area contributed by atoms with Crippen LogP contribution < -0.4 is 16.0 Å². The van der Waals surface area contributed by atoms with Gasteiger partial charge in [0.2, 0.25) is 11.9 Å². The minimum atomic E-state index is -0.351. The number of hydrogen-bond acceptors (Lipinski definition) is 6. The van der Waals surface area contributed by atoms with E-state index in [1.807, 2.05) is 4.57 Å². The van der Waals surface area contributed by atoms with Crippen LogP contribution >= 0.6 is 0 Å². The molecule has 31 heavy (non-hydrogen) atoms. The van der Waals surface area contributed by atoms with Crippen molar-refractivity contribution < 1.29 is 8.78 Å². The predicted octanol–water partition coefficient (Wildman–Crippen LogP) is 4.52.